The van der Waals surface area contributed by atoms with Crippen LogP contribution < -0.4 is 0 Å². The van der Waals surface area contributed by atoms with E-state index in [4.69, 9.17) is 0 Å². The molecule has 0 amide bonds. The van der Waals surface area contributed by atoms with Crippen molar-refractivity contribution in [3.63, 3.8) is 0 Å². The van der Waals surface area contributed by atoms with E-state index in [2.05, 4.69) is 89.5 Å². The van der Waals surface area contributed by atoms with E-state index < -0.39 is 0 Å². The van der Waals surface area contributed by atoms with Crippen LogP contribution in [0.5, 0.6) is 0 Å². The van der Waals surface area contributed by atoms with Gasteiger partial charge in [-0.2, -0.15) is 15.8 Å². The largest absolute Gasteiger partial charge is 0.309 e. The van der Waals surface area contributed by atoms with Gasteiger partial charge >= 0.3 is 0 Å². The number of fused-ring (bicyclic) bond motifs is 10. The van der Waals surface area contributed by atoms with E-state index >= 15 is 0 Å². The first-order chi connectivity index (χ1) is 25.1. The lowest BCUT2D eigenvalue weighted by Gasteiger charge is -2.15. The standard InChI is InChI=1S/C45H22N4S2/c46-23-26-5-9-29(10-6-26)30-11-17-42-37(21-30)34-14-15-35-38-22-31(12-18-43(38)51-45(35)44(34)50-42)32-13-7-28(25-48)20-41(32)49-39-4-2-1-3-33(39)36-19-27(24-47)8-16-40(36)49/h1-22H. The highest BCUT2D eigenvalue weighted by Gasteiger charge is 2.19. The molecule has 0 atom stereocenters. The Kier molecular flexibility index (Phi) is 6.38. The van der Waals surface area contributed by atoms with E-state index in [9.17, 15) is 15.8 Å². The van der Waals surface area contributed by atoms with Crippen molar-refractivity contribution in [3.8, 4) is 46.1 Å². The van der Waals surface area contributed by atoms with E-state index in [-0.39, 0.29) is 0 Å². The highest BCUT2D eigenvalue weighted by atomic mass is 32.1. The predicted octanol–water partition coefficient (Wildman–Crippen LogP) is 12.5. The molecule has 0 saturated heterocycles. The fourth-order valence-electron chi connectivity index (χ4n) is 7.48. The van der Waals surface area contributed by atoms with E-state index in [0.717, 1.165) is 49.7 Å². The Bertz CT molecular complexity index is 3230. The number of para-hydroxylation sites is 1. The summed E-state index contributed by atoms with van der Waals surface area (Å²) < 4.78 is 7.29. The molecule has 0 bridgehead atoms. The summed E-state index contributed by atoms with van der Waals surface area (Å²) in [6.45, 7) is 0. The molecule has 6 heteroatoms. The van der Waals surface area contributed by atoms with Gasteiger partial charge in [-0.1, -0.05) is 60.7 Å². The van der Waals surface area contributed by atoms with Crippen molar-refractivity contribution in [1.29, 1.82) is 15.8 Å². The maximum Gasteiger partial charge on any atom is 0.0992 e. The lowest BCUT2D eigenvalue weighted by molar-refractivity contribution is 1.18. The van der Waals surface area contributed by atoms with Gasteiger partial charge in [-0.15, -0.1) is 22.7 Å². The second kappa shape index (κ2) is 11.1. The average Bonchev–Trinajstić information content (AvgIpc) is 3.86. The molecular formula is C45H22N4S2. The summed E-state index contributed by atoms with van der Waals surface area (Å²) in [4.78, 5) is 0. The summed E-state index contributed by atoms with van der Waals surface area (Å²) in [7, 11) is 0. The number of thiophene rings is 2. The van der Waals surface area contributed by atoms with E-state index in [1.807, 2.05) is 89.4 Å². The third-order valence-corrected chi connectivity index (χ3v) is 12.4. The Labute approximate surface area is 300 Å². The monoisotopic (exact) mass is 682 g/mol. The SMILES string of the molecule is N#Cc1ccc(-c2ccc3sc4c(ccc5c6cc(-c7ccc(C#N)cc7-n7c8ccccc8c8cc(C#N)ccc87)ccc6sc54)c3c2)cc1. The molecule has 10 rings (SSSR count). The summed E-state index contributed by atoms with van der Waals surface area (Å²) >= 11 is 3.68. The van der Waals surface area contributed by atoms with E-state index in [1.54, 1.807) is 0 Å². The Morgan fingerprint density at radius 2 is 0.980 bits per heavy atom. The van der Waals surface area contributed by atoms with Crippen molar-refractivity contribution in [1.82, 2.24) is 4.57 Å². The minimum absolute atomic E-state index is 0.588. The molecule has 0 saturated carbocycles. The average molecular weight is 683 g/mol. The molecular weight excluding hydrogens is 661 g/mol. The molecule has 0 aliphatic carbocycles. The zero-order valence-electron chi connectivity index (χ0n) is 26.8. The summed E-state index contributed by atoms with van der Waals surface area (Å²) in [6.07, 6.45) is 0. The van der Waals surface area contributed by atoms with Crippen molar-refractivity contribution in [3.05, 3.63) is 150 Å². The zero-order valence-corrected chi connectivity index (χ0v) is 28.4. The third kappa shape index (κ3) is 4.41. The van der Waals surface area contributed by atoms with Crippen molar-refractivity contribution in [2.45, 2.75) is 0 Å². The topological polar surface area (TPSA) is 76.3 Å². The number of hydrogen-bond donors (Lipinski definition) is 0. The first-order valence-corrected chi connectivity index (χ1v) is 18.1. The van der Waals surface area contributed by atoms with Gasteiger partial charge in [0.05, 0.1) is 61.0 Å². The molecule has 0 aliphatic heterocycles. The second-order valence-electron chi connectivity index (χ2n) is 12.7. The summed E-state index contributed by atoms with van der Waals surface area (Å²) in [5.74, 6) is 0. The van der Waals surface area contributed by atoms with Crippen molar-refractivity contribution in [2.75, 3.05) is 0 Å². The summed E-state index contributed by atoms with van der Waals surface area (Å²) in [5, 5.41) is 35.9. The van der Waals surface area contributed by atoms with Crippen LogP contribution in [0.4, 0.5) is 0 Å². The Morgan fingerprint density at radius 3 is 1.69 bits per heavy atom. The highest BCUT2D eigenvalue weighted by Crippen LogP contribution is 2.46. The van der Waals surface area contributed by atoms with Gasteiger partial charge in [-0.3, -0.25) is 0 Å². The fourth-order valence-corrected chi connectivity index (χ4v) is 9.99. The first-order valence-electron chi connectivity index (χ1n) is 16.4. The molecule has 0 aliphatic rings. The second-order valence-corrected chi connectivity index (χ2v) is 14.8. The van der Waals surface area contributed by atoms with Crippen LogP contribution in [-0.2, 0) is 0 Å². The maximum absolute atomic E-state index is 9.98. The van der Waals surface area contributed by atoms with Crippen LogP contribution in [0.1, 0.15) is 16.7 Å². The van der Waals surface area contributed by atoms with Gasteiger partial charge in [-0.05, 0) is 89.5 Å². The molecule has 0 fully saturated rings. The van der Waals surface area contributed by atoms with Gasteiger partial charge in [0.25, 0.3) is 0 Å². The molecule has 4 nitrogen and oxygen atoms in total. The van der Waals surface area contributed by atoms with Crippen LogP contribution in [0, 0.1) is 34.0 Å². The molecule has 10 aromatic rings. The van der Waals surface area contributed by atoms with Crippen LogP contribution in [0.3, 0.4) is 0 Å². The van der Waals surface area contributed by atoms with Crippen molar-refractivity contribution >= 4 is 84.8 Å². The lowest BCUT2D eigenvalue weighted by Crippen LogP contribution is -1.98. The molecule has 0 spiro atoms. The van der Waals surface area contributed by atoms with E-state index in [0.29, 0.717) is 16.7 Å². The van der Waals surface area contributed by atoms with Crippen LogP contribution in [0.15, 0.2) is 133 Å². The number of nitriles is 3. The van der Waals surface area contributed by atoms with Gasteiger partial charge in [0.15, 0.2) is 0 Å². The van der Waals surface area contributed by atoms with Gasteiger partial charge in [0, 0.05) is 47.3 Å². The molecule has 0 N–H and O–H groups in total. The number of benzene rings is 7. The highest BCUT2D eigenvalue weighted by molar-refractivity contribution is 7.33. The van der Waals surface area contributed by atoms with Crippen molar-refractivity contribution < 1.29 is 0 Å². The lowest BCUT2D eigenvalue weighted by atomic mass is 9.99. The normalized spacial score (nSPS) is 11.5. The molecule has 7 aromatic carbocycles. The van der Waals surface area contributed by atoms with Gasteiger partial charge in [0.2, 0.25) is 0 Å². The number of rotatable bonds is 3. The van der Waals surface area contributed by atoms with Crippen molar-refractivity contribution in [2.24, 2.45) is 0 Å². The van der Waals surface area contributed by atoms with Crippen LogP contribution in [0.25, 0.3) is 90.1 Å². The minimum atomic E-state index is 0.588. The van der Waals surface area contributed by atoms with Gasteiger partial charge < -0.3 is 4.57 Å². The molecule has 234 valence electrons. The molecule has 51 heavy (non-hydrogen) atoms. The maximum atomic E-state index is 9.98. The van der Waals surface area contributed by atoms with Crippen LogP contribution in [-0.4, -0.2) is 4.57 Å². The quantitative estimate of drug-likeness (QED) is 0.186. The predicted molar refractivity (Wildman–Crippen MR) is 212 cm³/mol. The third-order valence-electron chi connectivity index (χ3n) is 9.90. The first kappa shape index (κ1) is 29.2. The molecule has 3 heterocycles. The molecule has 0 unspecified atom stereocenters. The molecule has 0 radical (unpaired) electrons. The Balaban J connectivity index is 1.16. The number of aromatic nitrogens is 1. The van der Waals surface area contributed by atoms with E-state index in [1.165, 1.54) is 40.3 Å². The fraction of sp³-hybridized carbons (Fsp3) is 0. The minimum Gasteiger partial charge on any atom is -0.309 e. The Morgan fingerprint density at radius 1 is 0.412 bits per heavy atom. The number of hydrogen-bond acceptors (Lipinski definition) is 5. The van der Waals surface area contributed by atoms with Crippen LogP contribution >= 0.6 is 22.7 Å². The van der Waals surface area contributed by atoms with Gasteiger partial charge in [-0.25, -0.2) is 0 Å². The van der Waals surface area contributed by atoms with Gasteiger partial charge in [0.1, 0.15) is 0 Å². The summed E-state index contributed by atoms with van der Waals surface area (Å²) in [6, 6.07) is 52.5. The number of nitrogens with zero attached hydrogens (tertiary/aromatic N) is 4. The Hall–Kier alpha value is -6.75. The van der Waals surface area contributed by atoms with Crippen LogP contribution in [0.2, 0.25) is 0 Å². The smallest absolute Gasteiger partial charge is 0.0992 e. The molecule has 3 aromatic heterocycles. The zero-order chi connectivity index (χ0) is 34.2. The summed E-state index contributed by atoms with van der Waals surface area (Å²) in [5.41, 5.74) is 9.14.